The first kappa shape index (κ1) is 13.4. The average molecular weight is 277 g/mol. The van der Waals surface area contributed by atoms with E-state index in [1.54, 1.807) is 0 Å². The Labute approximate surface area is 125 Å². The van der Waals surface area contributed by atoms with E-state index in [4.69, 9.17) is 0 Å². The van der Waals surface area contributed by atoms with Gasteiger partial charge in [-0.25, -0.2) is 0 Å². The van der Waals surface area contributed by atoms with E-state index < -0.39 is 0 Å². The van der Waals surface area contributed by atoms with Crippen LogP contribution in [0.15, 0.2) is 73.1 Å². The van der Waals surface area contributed by atoms with Crippen molar-refractivity contribution in [3.8, 4) is 0 Å². The van der Waals surface area contributed by atoms with Crippen molar-refractivity contribution in [3.63, 3.8) is 0 Å². The summed E-state index contributed by atoms with van der Waals surface area (Å²) in [5, 5.41) is 7.67. The Morgan fingerprint density at radius 3 is 2.00 bits per heavy atom. The Bertz CT molecular complexity index is 634. The average Bonchev–Trinajstić information content (AvgIpc) is 2.95. The van der Waals surface area contributed by atoms with Crippen molar-refractivity contribution in [2.24, 2.45) is 7.05 Å². The molecule has 0 aliphatic carbocycles. The smallest absolute Gasteiger partial charge is 0.0726 e. The number of aryl methyl sites for hydroxylation is 1. The van der Waals surface area contributed by atoms with Crippen molar-refractivity contribution in [1.29, 1.82) is 0 Å². The molecule has 0 fully saturated rings. The summed E-state index contributed by atoms with van der Waals surface area (Å²) in [6, 6.07) is 21.2. The Morgan fingerprint density at radius 1 is 0.952 bits per heavy atom. The van der Waals surface area contributed by atoms with Gasteiger partial charge in [-0.1, -0.05) is 60.7 Å². The van der Waals surface area contributed by atoms with Gasteiger partial charge in [-0.15, -0.1) is 0 Å². The highest BCUT2D eigenvalue weighted by atomic mass is 15.3. The first-order chi connectivity index (χ1) is 10.3. The monoisotopic (exact) mass is 277 g/mol. The zero-order valence-electron chi connectivity index (χ0n) is 12.1. The summed E-state index contributed by atoms with van der Waals surface area (Å²) in [5.74, 6) is 0.326. The standard InChI is InChI=1S/C18H19N3/c1-21-14-17(12-20-21)19-13-18(15-8-4-2-5-9-15)16-10-6-3-7-11-16/h2-12,14,18-19H,13H2,1H3. The molecule has 1 N–H and O–H groups in total. The maximum absolute atomic E-state index is 4.19. The maximum Gasteiger partial charge on any atom is 0.0726 e. The van der Waals surface area contributed by atoms with Crippen molar-refractivity contribution < 1.29 is 0 Å². The van der Waals surface area contributed by atoms with Crippen LogP contribution < -0.4 is 5.32 Å². The van der Waals surface area contributed by atoms with Gasteiger partial charge in [0.1, 0.15) is 0 Å². The van der Waals surface area contributed by atoms with Gasteiger partial charge < -0.3 is 5.32 Å². The molecule has 3 heteroatoms. The van der Waals surface area contributed by atoms with Crippen LogP contribution in [0.4, 0.5) is 5.69 Å². The minimum absolute atomic E-state index is 0.326. The van der Waals surface area contributed by atoms with Crippen LogP contribution in [-0.4, -0.2) is 16.3 Å². The van der Waals surface area contributed by atoms with E-state index >= 15 is 0 Å². The lowest BCUT2D eigenvalue weighted by atomic mass is 9.91. The molecule has 2 aromatic carbocycles. The molecule has 3 aromatic rings. The van der Waals surface area contributed by atoms with E-state index in [0.717, 1.165) is 12.2 Å². The van der Waals surface area contributed by atoms with Crippen LogP contribution in [-0.2, 0) is 7.05 Å². The fourth-order valence-corrected chi connectivity index (χ4v) is 2.53. The third-order valence-corrected chi connectivity index (χ3v) is 3.62. The molecular formula is C18H19N3. The summed E-state index contributed by atoms with van der Waals surface area (Å²) < 4.78 is 1.81. The van der Waals surface area contributed by atoms with E-state index in [0.29, 0.717) is 5.92 Å². The number of anilines is 1. The van der Waals surface area contributed by atoms with Gasteiger partial charge in [-0.3, -0.25) is 4.68 Å². The van der Waals surface area contributed by atoms with Gasteiger partial charge >= 0.3 is 0 Å². The third kappa shape index (κ3) is 3.31. The van der Waals surface area contributed by atoms with Gasteiger partial charge in [-0.2, -0.15) is 5.10 Å². The predicted octanol–water partition coefficient (Wildman–Crippen LogP) is 3.66. The minimum Gasteiger partial charge on any atom is -0.382 e. The molecule has 0 unspecified atom stereocenters. The number of nitrogens with zero attached hydrogens (tertiary/aromatic N) is 2. The lowest BCUT2D eigenvalue weighted by Crippen LogP contribution is -2.13. The van der Waals surface area contributed by atoms with Crippen LogP contribution in [0.1, 0.15) is 17.0 Å². The van der Waals surface area contributed by atoms with Crippen LogP contribution in [0.5, 0.6) is 0 Å². The molecule has 0 aliphatic rings. The van der Waals surface area contributed by atoms with Crippen LogP contribution in [0.3, 0.4) is 0 Å². The van der Waals surface area contributed by atoms with E-state index in [-0.39, 0.29) is 0 Å². The molecular weight excluding hydrogens is 258 g/mol. The molecule has 106 valence electrons. The predicted molar refractivity (Wildman–Crippen MR) is 86.4 cm³/mol. The zero-order valence-corrected chi connectivity index (χ0v) is 12.1. The largest absolute Gasteiger partial charge is 0.382 e. The van der Waals surface area contributed by atoms with Gasteiger partial charge in [0.25, 0.3) is 0 Å². The Kier molecular flexibility index (Phi) is 4.01. The highest BCUT2D eigenvalue weighted by Crippen LogP contribution is 2.24. The fraction of sp³-hybridized carbons (Fsp3) is 0.167. The van der Waals surface area contributed by atoms with Crippen molar-refractivity contribution in [1.82, 2.24) is 9.78 Å². The summed E-state index contributed by atoms with van der Waals surface area (Å²) in [6.45, 7) is 0.847. The van der Waals surface area contributed by atoms with Crippen molar-refractivity contribution in [2.45, 2.75) is 5.92 Å². The SMILES string of the molecule is Cn1cc(NCC(c2ccccc2)c2ccccc2)cn1. The third-order valence-electron chi connectivity index (χ3n) is 3.62. The van der Waals surface area contributed by atoms with E-state index in [1.807, 2.05) is 24.1 Å². The maximum atomic E-state index is 4.19. The zero-order chi connectivity index (χ0) is 14.5. The Morgan fingerprint density at radius 2 is 1.52 bits per heavy atom. The van der Waals surface area contributed by atoms with Crippen LogP contribution in [0.2, 0.25) is 0 Å². The normalized spacial score (nSPS) is 10.8. The molecule has 1 heterocycles. The van der Waals surface area contributed by atoms with E-state index in [1.165, 1.54) is 11.1 Å². The minimum atomic E-state index is 0.326. The summed E-state index contributed by atoms with van der Waals surface area (Å²) in [4.78, 5) is 0. The van der Waals surface area contributed by atoms with Crippen LogP contribution >= 0.6 is 0 Å². The lowest BCUT2D eigenvalue weighted by Gasteiger charge is -2.18. The molecule has 0 radical (unpaired) electrons. The summed E-state index contributed by atoms with van der Waals surface area (Å²) in [5.41, 5.74) is 3.69. The van der Waals surface area contributed by atoms with Gasteiger partial charge in [0, 0.05) is 25.7 Å². The van der Waals surface area contributed by atoms with Gasteiger partial charge in [0.2, 0.25) is 0 Å². The number of benzene rings is 2. The molecule has 0 bridgehead atoms. The molecule has 3 rings (SSSR count). The number of nitrogens with one attached hydrogen (secondary N) is 1. The molecule has 1 aromatic heterocycles. The highest BCUT2D eigenvalue weighted by Gasteiger charge is 2.13. The number of aromatic nitrogens is 2. The van der Waals surface area contributed by atoms with Crippen LogP contribution in [0.25, 0.3) is 0 Å². The molecule has 0 saturated heterocycles. The number of hydrogen-bond acceptors (Lipinski definition) is 2. The second kappa shape index (κ2) is 6.27. The van der Waals surface area contributed by atoms with Crippen molar-refractivity contribution in [3.05, 3.63) is 84.2 Å². The Hall–Kier alpha value is -2.55. The van der Waals surface area contributed by atoms with Gasteiger partial charge in [0.15, 0.2) is 0 Å². The lowest BCUT2D eigenvalue weighted by molar-refractivity contribution is 0.767. The Balaban J connectivity index is 1.83. The first-order valence-corrected chi connectivity index (χ1v) is 7.15. The summed E-state index contributed by atoms with van der Waals surface area (Å²) in [6.07, 6.45) is 3.85. The van der Waals surface area contributed by atoms with E-state index in [2.05, 4.69) is 71.1 Å². The molecule has 21 heavy (non-hydrogen) atoms. The van der Waals surface area contributed by atoms with Crippen molar-refractivity contribution >= 4 is 5.69 Å². The molecule has 0 atom stereocenters. The topological polar surface area (TPSA) is 29.9 Å². The van der Waals surface area contributed by atoms with Gasteiger partial charge in [0.05, 0.1) is 11.9 Å². The first-order valence-electron chi connectivity index (χ1n) is 7.15. The molecule has 0 aliphatic heterocycles. The molecule has 0 spiro atoms. The summed E-state index contributed by atoms with van der Waals surface area (Å²) in [7, 11) is 1.93. The molecule has 3 nitrogen and oxygen atoms in total. The van der Waals surface area contributed by atoms with Crippen molar-refractivity contribution in [2.75, 3.05) is 11.9 Å². The number of rotatable bonds is 5. The quantitative estimate of drug-likeness (QED) is 0.771. The molecule has 0 amide bonds. The van der Waals surface area contributed by atoms with E-state index in [9.17, 15) is 0 Å². The second-order valence-electron chi connectivity index (χ2n) is 5.16. The second-order valence-corrected chi connectivity index (χ2v) is 5.16. The highest BCUT2D eigenvalue weighted by molar-refractivity contribution is 5.41. The summed E-state index contributed by atoms with van der Waals surface area (Å²) >= 11 is 0. The number of hydrogen-bond donors (Lipinski definition) is 1. The fourth-order valence-electron chi connectivity index (χ4n) is 2.53. The molecule has 0 saturated carbocycles. The van der Waals surface area contributed by atoms with Gasteiger partial charge in [-0.05, 0) is 11.1 Å². The van der Waals surface area contributed by atoms with Crippen LogP contribution in [0, 0.1) is 0 Å².